The Labute approximate surface area is 199 Å². The molecule has 0 aromatic heterocycles. The number of hydrogen-bond donors (Lipinski definition) is 2. The van der Waals surface area contributed by atoms with Crippen LogP contribution in [-0.4, -0.2) is 55.5 Å². The molecule has 0 radical (unpaired) electrons. The average Bonchev–Trinajstić information content (AvgIpc) is 3.05. The number of nitrogens with zero attached hydrogens (tertiary/aromatic N) is 3. The van der Waals surface area contributed by atoms with E-state index in [0.29, 0.717) is 12.1 Å². The second-order valence-electron chi connectivity index (χ2n) is 8.27. The lowest BCUT2D eigenvalue weighted by molar-refractivity contribution is 0.258. The maximum absolute atomic E-state index is 4.46. The van der Waals surface area contributed by atoms with Crippen LogP contribution >= 0.6 is 24.0 Å². The maximum atomic E-state index is 4.46. The standard InChI is InChI=1S/C24H35N5.HI/c1-19-14-23(18-29(19)16-20-10-6-5-7-11-20)27-24(25-2)26-15-21-12-8-9-13-22(21)17-28(3)4;/h5-13,19,23H,14-18H2,1-4H3,(H2,25,26,27);1H. The molecule has 3 rings (SSSR count). The van der Waals surface area contributed by atoms with E-state index in [-0.39, 0.29) is 24.0 Å². The number of rotatable bonds is 7. The molecule has 164 valence electrons. The van der Waals surface area contributed by atoms with Gasteiger partial charge in [0.2, 0.25) is 0 Å². The van der Waals surface area contributed by atoms with Crippen molar-refractivity contribution in [2.75, 3.05) is 27.7 Å². The van der Waals surface area contributed by atoms with Crippen molar-refractivity contribution >= 4 is 29.9 Å². The Balaban J connectivity index is 0.00000320. The Bertz CT molecular complexity index is 793. The molecule has 1 fully saturated rings. The third-order valence-corrected chi connectivity index (χ3v) is 5.55. The van der Waals surface area contributed by atoms with Crippen LogP contribution in [0.5, 0.6) is 0 Å². The van der Waals surface area contributed by atoms with Crippen molar-refractivity contribution < 1.29 is 0 Å². The highest BCUT2D eigenvalue weighted by Crippen LogP contribution is 2.20. The Hall–Kier alpha value is -1.64. The van der Waals surface area contributed by atoms with Crippen LogP contribution in [0, 0.1) is 0 Å². The summed E-state index contributed by atoms with van der Waals surface area (Å²) in [5.74, 6) is 0.878. The van der Waals surface area contributed by atoms with Gasteiger partial charge in [-0.25, -0.2) is 0 Å². The van der Waals surface area contributed by atoms with Crippen LogP contribution in [0.3, 0.4) is 0 Å². The fraction of sp³-hybridized carbons (Fsp3) is 0.458. The first-order chi connectivity index (χ1) is 14.0. The monoisotopic (exact) mass is 521 g/mol. The lowest BCUT2D eigenvalue weighted by Gasteiger charge is -2.21. The second-order valence-corrected chi connectivity index (χ2v) is 8.27. The van der Waals surface area contributed by atoms with Crippen LogP contribution in [0.2, 0.25) is 0 Å². The molecular formula is C24H36IN5. The summed E-state index contributed by atoms with van der Waals surface area (Å²) in [5.41, 5.74) is 4.04. The molecule has 30 heavy (non-hydrogen) atoms. The first-order valence-electron chi connectivity index (χ1n) is 10.5. The Morgan fingerprint density at radius 3 is 2.40 bits per heavy atom. The molecule has 2 aromatic rings. The minimum absolute atomic E-state index is 0. The van der Waals surface area contributed by atoms with E-state index in [2.05, 4.69) is 101 Å². The molecule has 0 amide bonds. The summed E-state index contributed by atoms with van der Waals surface area (Å²) >= 11 is 0. The van der Waals surface area contributed by atoms with E-state index >= 15 is 0 Å². The molecule has 0 bridgehead atoms. The van der Waals surface area contributed by atoms with E-state index in [1.807, 2.05) is 7.05 Å². The summed E-state index contributed by atoms with van der Waals surface area (Å²) in [6.45, 7) is 6.08. The molecule has 0 saturated carbocycles. The highest BCUT2D eigenvalue weighted by atomic mass is 127. The van der Waals surface area contributed by atoms with Crippen LogP contribution in [0.15, 0.2) is 59.6 Å². The van der Waals surface area contributed by atoms with Gasteiger partial charge >= 0.3 is 0 Å². The fourth-order valence-corrected chi connectivity index (χ4v) is 4.03. The topological polar surface area (TPSA) is 42.9 Å². The van der Waals surface area contributed by atoms with Gasteiger partial charge in [0, 0.05) is 45.3 Å². The molecule has 1 aliphatic rings. The van der Waals surface area contributed by atoms with Crippen molar-refractivity contribution in [3.05, 3.63) is 71.3 Å². The van der Waals surface area contributed by atoms with Crippen molar-refractivity contribution in [1.82, 2.24) is 20.4 Å². The van der Waals surface area contributed by atoms with Gasteiger partial charge in [0.1, 0.15) is 0 Å². The molecule has 0 spiro atoms. The second kappa shape index (κ2) is 12.3. The van der Waals surface area contributed by atoms with E-state index in [0.717, 1.165) is 38.6 Å². The fourth-order valence-electron chi connectivity index (χ4n) is 4.03. The van der Waals surface area contributed by atoms with E-state index in [4.69, 9.17) is 0 Å². The largest absolute Gasteiger partial charge is 0.352 e. The normalized spacial score (nSPS) is 19.6. The van der Waals surface area contributed by atoms with Gasteiger partial charge in [0.05, 0.1) is 0 Å². The number of aliphatic imine (C=N–C) groups is 1. The summed E-state index contributed by atoms with van der Waals surface area (Å²) in [6.07, 6.45) is 1.13. The average molecular weight is 521 g/mol. The molecule has 1 heterocycles. The van der Waals surface area contributed by atoms with Gasteiger partial charge in [-0.1, -0.05) is 54.6 Å². The van der Waals surface area contributed by atoms with Crippen LogP contribution < -0.4 is 10.6 Å². The number of likely N-dealkylation sites (tertiary alicyclic amines) is 1. The Morgan fingerprint density at radius 1 is 1.07 bits per heavy atom. The number of guanidine groups is 1. The molecule has 2 unspecified atom stereocenters. The van der Waals surface area contributed by atoms with Gasteiger partial charge in [-0.05, 0) is 44.1 Å². The molecule has 0 aliphatic carbocycles. The van der Waals surface area contributed by atoms with Gasteiger partial charge in [0.25, 0.3) is 0 Å². The van der Waals surface area contributed by atoms with Gasteiger partial charge in [-0.2, -0.15) is 0 Å². The maximum Gasteiger partial charge on any atom is 0.191 e. The SMILES string of the molecule is CN=C(NCc1ccccc1CN(C)C)NC1CC(C)N(Cc2ccccc2)C1.I. The minimum atomic E-state index is 0. The van der Waals surface area contributed by atoms with Gasteiger partial charge in [-0.3, -0.25) is 9.89 Å². The van der Waals surface area contributed by atoms with Gasteiger partial charge in [0.15, 0.2) is 5.96 Å². The summed E-state index contributed by atoms with van der Waals surface area (Å²) in [7, 11) is 6.06. The lowest BCUT2D eigenvalue weighted by atomic mass is 10.1. The van der Waals surface area contributed by atoms with Crippen molar-refractivity contribution in [2.45, 2.75) is 45.1 Å². The minimum Gasteiger partial charge on any atom is -0.352 e. The zero-order valence-electron chi connectivity index (χ0n) is 18.6. The summed E-state index contributed by atoms with van der Waals surface area (Å²) in [6, 6.07) is 20.3. The summed E-state index contributed by atoms with van der Waals surface area (Å²) in [5, 5.41) is 7.14. The zero-order valence-corrected chi connectivity index (χ0v) is 21.0. The quantitative estimate of drug-likeness (QED) is 0.332. The summed E-state index contributed by atoms with van der Waals surface area (Å²) < 4.78 is 0. The molecule has 5 nitrogen and oxygen atoms in total. The van der Waals surface area contributed by atoms with E-state index in [1.165, 1.54) is 16.7 Å². The van der Waals surface area contributed by atoms with E-state index in [9.17, 15) is 0 Å². The number of halogens is 1. The zero-order chi connectivity index (χ0) is 20.6. The van der Waals surface area contributed by atoms with Crippen molar-refractivity contribution in [3.8, 4) is 0 Å². The Kier molecular flexibility index (Phi) is 10.1. The highest BCUT2D eigenvalue weighted by Gasteiger charge is 2.29. The predicted molar refractivity (Wildman–Crippen MR) is 137 cm³/mol. The lowest BCUT2D eigenvalue weighted by Crippen LogP contribution is -2.44. The molecule has 2 N–H and O–H groups in total. The number of hydrogen-bond acceptors (Lipinski definition) is 3. The van der Waals surface area contributed by atoms with Crippen LogP contribution in [0.25, 0.3) is 0 Å². The molecular weight excluding hydrogens is 485 g/mol. The van der Waals surface area contributed by atoms with Crippen molar-refractivity contribution in [2.24, 2.45) is 4.99 Å². The van der Waals surface area contributed by atoms with Crippen molar-refractivity contribution in [3.63, 3.8) is 0 Å². The first kappa shape index (κ1) is 24.6. The van der Waals surface area contributed by atoms with E-state index < -0.39 is 0 Å². The molecule has 6 heteroatoms. The highest BCUT2D eigenvalue weighted by molar-refractivity contribution is 14.0. The molecule has 1 saturated heterocycles. The molecule has 2 aromatic carbocycles. The predicted octanol–water partition coefficient (Wildman–Crippen LogP) is 3.69. The van der Waals surface area contributed by atoms with Crippen LogP contribution in [-0.2, 0) is 19.6 Å². The first-order valence-corrected chi connectivity index (χ1v) is 10.5. The Morgan fingerprint density at radius 2 is 1.73 bits per heavy atom. The van der Waals surface area contributed by atoms with Gasteiger partial charge in [-0.15, -0.1) is 24.0 Å². The third-order valence-electron chi connectivity index (χ3n) is 5.55. The van der Waals surface area contributed by atoms with Crippen LogP contribution in [0.1, 0.15) is 30.0 Å². The number of nitrogens with one attached hydrogen (secondary N) is 2. The molecule has 1 aliphatic heterocycles. The third kappa shape index (κ3) is 7.25. The molecule has 2 atom stereocenters. The summed E-state index contributed by atoms with van der Waals surface area (Å²) in [4.78, 5) is 9.21. The number of benzene rings is 2. The van der Waals surface area contributed by atoms with E-state index in [1.54, 1.807) is 0 Å². The van der Waals surface area contributed by atoms with Gasteiger partial charge < -0.3 is 15.5 Å². The van der Waals surface area contributed by atoms with Crippen molar-refractivity contribution in [1.29, 1.82) is 0 Å². The smallest absolute Gasteiger partial charge is 0.191 e. The van der Waals surface area contributed by atoms with Crippen LogP contribution in [0.4, 0.5) is 0 Å².